The third-order valence-corrected chi connectivity index (χ3v) is 3.38. The summed E-state index contributed by atoms with van der Waals surface area (Å²) >= 11 is 8.21. The lowest BCUT2D eigenvalue weighted by Gasteiger charge is -2.07. The van der Waals surface area contributed by atoms with E-state index in [1.165, 1.54) is 0 Å². The second-order valence-corrected chi connectivity index (χ2v) is 5.00. The van der Waals surface area contributed by atoms with Gasteiger partial charge in [0.05, 0.1) is 16.7 Å². The Kier molecular flexibility index (Phi) is 2.96. The Labute approximate surface area is 111 Å². The van der Waals surface area contributed by atoms with Gasteiger partial charge in [-0.15, -0.1) is 0 Å². The predicted molar refractivity (Wildman–Crippen MR) is 76.3 cm³/mol. The van der Waals surface area contributed by atoms with Crippen LogP contribution in [-0.4, -0.2) is 14.2 Å². The standard InChI is InChI=1S/C10H11BrN4OS/c1-14-7-3-5(11)6(13-9(12)17)4-8(7)15(2)10(14)16/h3-4H,1-2H3,(H3,12,13,17). The first-order chi connectivity index (χ1) is 7.91. The SMILES string of the molecule is Cn1c(=O)n(C)c2cc(NC(N)=S)c(Br)cc21. The van der Waals surface area contributed by atoms with E-state index in [-0.39, 0.29) is 10.8 Å². The van der Waals surface area contributed by atoms with Crippen molar-refractivity contribution < 1.29 is 0 Å². The first-order valence-electron chi connectivity index (χ1n) is 4.83. The van der Waals surface area contributed by atoms with Crippen molar-refractivity contribution in [2.45, 2.75) is 0 Å². The maximum absolute atomic E-state index is 11.8. The van der Waals surface area contributed by atoms with Crippen molar-refractivity contribution in [1.82, 2.24) is 9.13 Å². The molecule has 0 aliphatic heterocycles. The largest absolute Gasteiger partial charge is 0.376 e. The van der Waals surface area contributed by atoms with Crippen LogP contribution in [0, 0.1) is 0 Å². The summed E-state index contributed by atoms with van der Waals surface area (Å²) in [6.45, 7) is 0. The molecular formula is C10H11BrN4OS. The minimum atomic E-state index is -0.0700. The molecule has 7 heteroatoms. The van der Waals surface area contributed by atoms with Crippen LogP contribution in [0.25, 0.3) is 11.0 Å². The Morgan fingerprint density at radius 3 is 2.41 bits per heavy atom. The number of aromatic nitrogens is 2. The summed E-state index contributed by atoms with van der Waals surface area (Å²) in [4.78, 5) is 11.8. The molecule has 0 spiro atoms. The van der Waals surface area contributed by atoms with E-state index in [1.54, 1.807) is 23.2 Å². The number of thiocarbonyl (C=S) groups is 1. The number of imidazole rings is 1. The van der Waals surface area contributed by atoms with Gasteiger partial charge in [0.2, 0.25) is 0 Å². The van der Waals surface area contributed by atoms with Crippen molar-refractivity contribution >= 4 is 50.0 Å². The number of nitrogens with two attached hydrogens (primary N) is 1. The average Bonchev–Trinajstić information content (AvgIpc) is 2.45. The normalized spacial score (nSPS) is 10.8. The fourth-order valence-corrected chi connectivity index (χ4v) is 2.29. The Balaban J connectivity index is 2.76. The van der Waals surface area contributed by atoms with Crippen LogP contribution >= 0.6 is 28.1 Å². The molecule has 2 aromatic rings. The third-order valence-electron chi connectivity index (χ3n) is 2.62. The molecule has 0 radical (unpaired) electrons. The summed E-state index contributed by atoms with van der Waals surface area (Å²) in [5.41, 5.74) is 7.77. The number of anilines is 1. The van der Waals surface area contributed by atoms with Gasteiger partial charge in [-0.2, -0.15) is 0 Å². The lowest BCUT2D eigenvalue weighted by Crippen LogP contribution is -2.19. The van der Waals surface area contributed by atoms with Crippen LogP contribution in [0.5, 0.6) is 0 Å². The van der Waals surface area contributed by atoms with Crippen LogP contribution in [0.4, 0.5) is 5.69 Å². The van der Waals surface area contributed by atoms with E-state index in [1.807, 2.05) is 12.1 Å². The van der Waals surface area contributed by atoms with Crippen molar-refractivity contribution in [3.63, 3.8) is 0 Å². The highest BCUT2D eigenvalue weighted by atomic mass is 79.9. The summed E-state index contributed by atoms with van der Waals surface area (Å²) in [7, 11) is 3.46. The first-order valence-corrected chi connectivity index (χ1v) is 6.03. The van der Waals surface area contributed by atoms with Crippen molar-refractivity contribution in [3.05, 3.63) is 27.1 Å². The quantitative estimate of drug-likeness (QED) is 0.779. The van der Waals surface area contributed by atoms with Gasteiger partial charge in [-0.05, 0) is 40.3 Å². The second-order valence-electron chi connectivity index (χ2n) is 3.71. The lowest BCUT2D eigenvalue weighted by molar-refractivity contribution is 0.795. The molecule has 5 nitrogen and oxygen atoms in total. The second kappa shape index (κ2) is 4.15. The maximum Gasteiger partial charge on any atom is 0.328 e. The first kappa shape index (κ1) is 12.1. The molecule has 0 fully saturated rings. The third kappa shape index (κ3) is 1.96. The number of hydrogen-bond donors (Lipinski definition) is 2. The molecule has 3 N–H and O–H groups in total. The summed E-state index contributed by atoms with van der Waals surface area (Å²) in [6, 6.07) is 3.69. The minimum Gasteiger partial charge on any atom is -0.376 e. The molecule has 0 aliphatic rings. The van der Waals surface area contributed by atoms with Gasteiger partial charge in [0.15, 0.2) is 5.11 Å². The molecule has 2 rings (SSSR count). The number of hydrogen-bond acceptors (Lipinski definition) is 2. The number of halogens is 1. The summed E-state index contributed by atoms with van der Waals surface area (Å²) < 4.78 is 3.97. The van der Waals surface area contributed by atoms with Gasteiger partial charge in [-0.1, -0.05) is 0 Å². The van der Waals surface area contributed by atoms with Crippen LogP contribution in [-0.2, 0) is 14.1 Å². The highest BCUT2D eigenvalue weighted by Crippen LogP contribution is 2.27. The smallest absolute Gasteiger partial charge is 0.328 e. The Morgan fingerprint density at radius 2 is 1.88 bits per heavy atom. The van der Waals surface area contributed by atoms with E-state index >= 15 is 0 Å². The Bertz CT molecular complexity index is 673. The van der Waals surface area contributed by atoms with E-state index in [2.05, 4.69) is 21.2 Å². The van der Waals surface area contributed by atoms with E-state index < -0.39 is 0 Å². The van der Waals surface area contributed by atoms with Crippen LogP contribution in [0.3, 0.4) is 0 Å². The van der Waals surface area contributed by atoms with Gasteiger partial charge in [-0.3, -0.25) is 9.13 Å². The number of aryl methyl sites for hydroxylation is 2. The molecule has 0 saturated heterocycles. The zero-order valence-corrected chi connectivity index (χ0v) is 11.7. The monoisotopic (exact) mass is 314 g/mol. The fourth-order valence-electron chi connectivity index (χ4n) is 1.75. The molecule has 0 bridgehead atoms. The Hall–Kier alpha value is -1.34. The van der Waals surface area contributed by atoms with E-state index in [0.717, 1.165) is 21.2 Å². The summed E-state index contributed by atoms with van der Waals surface area (Å²) in [5, 5.41) is 3.04. The average molecular weight is 315 g/mol. The van der Waals surface area contributed by atoms with E-state index in [4.69, 9.17) is 18.0 Å². The summed E-state index contributed by atoms with van der Waals surface area (Å²) in [6.07, 6.45) is 0. The van der Waals surface area contributed by atoms with Gasteiger partial charge >= 0.3 is 5.69 Å². The van der Waals surface area contributed by atoms with Crippen molar-refractivity contribution in [1.29, 1.82) is 0 Å². The highest BCUT2D eigenvalue weighted by Gasteiger charge is 2.11. The molecule has 1 aromatic heterocycles. The number of fused-ring (bicyclic) bond motifs is 1. The molecule has 0 unspecified atom stereocenters. The molecule has 1 aromatic carbocycles. The predicted octanol–water partition coefficient (Wildman–Crippen LogP) is 1.29. The molecular weight excluding hydrogens is 304 g/mol. The minimum absolute atomic E-state index is 0.0700. The van der Waals surface area contributed by atoms with Crippen LogP contribution in [0.2, 0.25) is 0 Å². The van der Waals surface area contributed by atoms with Crippen molar-refractivity contribution in [3.8, 4) is 0 Å². The maximum atomic E-state index is 11.8. The van der Waals surface area contributed by atoms with Gasteiger partial charge < -0.3 is 11.1 Å². The molecule has 0 aliphatic carbocycles. The molecule has 90 valence electrons. The number of benzene rings is 1. The van der Waals surface area contributed by atoms with Crippen LogP contribution in [0.15, 0.2) is 21.4 Å². The topological polar surface area (TPSA) is 65.0 Å². The van der Waals surface area contributed by atoms with Crippen molar-refractivity contribution in [2.75, 3.05) is 5.32 Å². The summed E-state index contributed by atoms with van der Waals surface area (Å²) in [5.74, 6) is 0. The number of nitrogens with one attached hydrogen (secondary N) is 1. The van der Waals surface area contributed by atoms with Crippen molar-refractivity contribution in [2.24, 2.45) is 19.8 Å². The molecule has 0 atom stereocenters. The molecule has 0 amide bonds. The fraction of sp³-hybridized carbons (Fsp3) is 0.200. The zero-order valence-electron chi connectivity index (χ0n) is 9.32. The van der Waals surface area contributed by atoms with Gasteiger partial charge in [-0.25, -0.2) is 4.79 Å². The zero-order chi connectivity index (χ0) is 12.7. The lowest BCUT2D eigenvalue weighted by atomic mass is 10.2. The molecule has 1 heterocycles. The Morgan fingerprint density at radius 1 is 1.35 bits per heavy atom. The van der Waals surface area contributed by atoms with Crippen LogP contribution in [0.1, 0.15) is 0 Å². The molecule has 17 heavy (non-hydrogen) atoms. The van der Waals surface area contributed by atoms with E-state index in [9.17, 15) is 4.79 Å². The van der Waals surface area contributed by atoms with Gasteiger partial charge in [0.1, 0.15) is 0 Å². The van der Waals surface area contributed by atoms with Gasteiger partial charge in [0, 0.05) is 18.6 Å². The van der Waals surface area contributed by atoms with E-state index in [0.29, 0.717) is 0 Å². The molecule has 0 saturated carbocycles. The number of nitrogens with zero attached hydrogens (tertiary/aromatic N) is 2. The highest BCUT2D eigenvalue weighted by molar-refractivity contribution is 9.10. The number of rotatable bonds is 1. The van der Waals surface area contributed by atoms with Crippen LogP contribution < -0.4 is 16.7 Å². The van der Waals surface area contributed by atoms with Gasteiger partial charge in [0.25, 0.3) is 0 Å².